The number of piperidine rings is 2. The number of rotatable bonds is 9. The standard InChI is InChI=1S/C36H45F2N7O2/c1-5-23-17-25-32(33(47-19-28(37)38)31(23)30-22(3)7-8-27(40)26(30)18-39)41-34(24-9-13-43(4)14-10-24)42-35(25)44-15-11-36(12-16-44)20-45(21-36)29(46)6-2/h6-8,17-18,24,28,39H,2,5,9-16,19-21,40H2,1,3-4H3. The first-order valence-electron chi connectivity index (χ1n) is 16.6. The van der Waals surface area contributed by atoms with Gasteiger partial charge < -0.3 is 30.6 Å². The number of nitrogens with two attached hydrogens (primary N) is 1. The Balaban J connectivity index is 1.53. The number of nitrogens with zero attached hydrogens (tertiary/aromatic N) is 5. The number of alkyl halides is 2. The van der Waals surface area contributed by atoms with Crippen LogP contribution in [0.25, 0.3) is 22.0 Å². The molecule has 1 spiro atoms. The van der Waals surface area contributed by atoms with Gasteiger partial charge in [0.05, 0.1) is 0 Å². The lowest BCUT2D eigenvalue weighted by Crippen LogP contribution is -2.61. The summed E-state index contributed by atoms with van der Waals surface area (Å²) in [5, 5.41) is 9.00. The third-order valence-corrected chi connectivity index (χ3v) is 10.4. The predicted octanol–water partition coefficient (Wildman–Crippen LogP) is 5.82. The minimum atomic E-state index is -2.68. The predicted molar refractivity (Wildman–Crippen MR) is 183 cm³/mol. The van der Waals surface area contributed by atoms with Crippen molar-refractivity contribution >= 4 is 34.5 Å². The van der Waals surface area contributed by atoms with Crippen molar-refractivity contribution in [3.8, 4) is 16.9 Å². The van der Waals surface area contributed by atoms with Crippen molar-refractivity contribution in [1.82, 2.24) is 19.8 Å². The highest BCUT2D eigenvalue weighted by atomic mass is 19.3. The number of aryl methyl sites for hydroxylation is 2. The van der Waals surface area contributed by atoms with E-state index in [1.807, 2.05) is 24.8 Å². The van der Waals surface area contributed by atoms with Gasteiger partial charge in [-0.3, -0.25) is 4.79 Å². The largest absolute Gasteiger partial charge is 0.485 e. The molecule has 0 aliphatic carbocycles. The number of ether oxygens (including phenoxy) is 1. The van der Waals surface area contributed by atoms with Crippen LogP contribution in [0.1, 0.15) is 61.0 Å². The minimum absolute atomic E-state index is 0.0246. The average molecular weight is 646 g/mol. The van der Waals surface area contributed by atoms with Gasteiger partial charge in [0.15, 0.2) is 5.75 Å². The van der Waals surface area contributed by atoms with Gasteiger partial charge >= 0.3 is 0 Å². The maximum Gasteiger partial charge on any atom is 0.272 e. The van der Waals surface area contributed by atoms with E-state index in [9.17, 15) is 13.6 Å². The highest BCUT2D eigenvalue weighted by Gasteiger charge is 2.46. The number of benzene rings is 2. The summed E-state index contributed by atoms with van der Waals surface area (Å²) in [6.45, 7) is 11.7. The molecule has 3 saturated heterocycles. The van der Waals surface area contributed by atoms with Crippen LogP contribution in [0.4, 0.5) is 20.3 Å². The van der Waals surface area contributed by atoms with Crippen molar-refractivity contribution in [2.75, 3.05) is 63.6 Å². The van der Waals surface area contributed by atoms with Crippen LogP contribution < -0.4 is 15.4 Å². The van der Waals surface area contributed by atoms with E-state index in [4.69, 9.17) is 25.8 Å². The zero-order valence-electron chi connectivity index (χ0n) is 27.6. The molecule has 4 heterocycles. The van der Waals surface area contributed by atoms with Gasteiger partial charge in [0.2, 0.25) is 5.91 Å². The summed E-state index contributed by atoms with van der Waals surface area (Å²) in [7, 11) is 2.11. The molecule has 250 valence electrons. The lowest BCUT2D eigenvalue weighted by atomic mass is 9.72. The van der Waals surface area contributed by atoms with E-state index in [1.165, 1.54) is 12.3 Å². The Morgan fingerprint density at radius 3 is 2.49 bits per heavy atom. The monoisotopic (exact) mass is 645 g/mol. The van der Waals surface area contributed by atoms with Crippen molar-refractivity contribution in [3.05, 3.63) is 53.4 Å². The fraction of sp³-hybridized carbons (Fsp3) is 0.500. The summed E-state index contributed by atoms with van der Waals surface area (Å²) in [6.07, 6.45) is 4.14. The molecule has 47 heavy (non-hydrogen) atoms. The van der Waals surface area contributed by atoms with Crippen molar-refractivity contribution in [2.24, 2.45) is 5.41 Å². The zero-order valence-corrected chi connectivity index (χ0v) is 27.6. The van der Waals surface area contributed by atoms with Gasteiger partial charge in [-0.05, 0) is 94.1 Å². The second kappa shape index (κ2) is 13.2. The molecule has 3 aliphatic heterocycles. The van der Waals surface area contributed by atoms with Crippen LogP contribution in [0, 0.1) is 17.7 Å². The third kappa shape index (κ3) is 6.17. The van der Waals surface area contributed by atoms with Gasteiger partial charge in [-0.25, -0.2) is 18.7 Å². The molecule has 3 fully saturated rings. The Hall–Kier alpha value is -4.12. The fourth-order valence-corrected chi connectivity index (χ4v) is 7.61. The van der Waals surface area contributed by atoms with Crippen LogP contribution in [0.2, 0.25) is 0 Å². The Kier molecular flexibility index (Phi) is 9.20. The van der Waals surface area contributed by atoms with Crippen LogP contribution in [-0.2, 0) is 11.2 Å². The van der Waals surface area contributed by atoms with Gasteiger partial charge in [-0.15, -0.1) is 0 Å². The molecule has 0 atom stereocenters. The maximum absolute atomic E-state index is 13.9. The van der Waals surface area contributed by atoms with Crippen LogP contribution >= 0.6 is 0 Å². The van der Waals surface area contributed by atoms with Crippen LogP contribution in [0.15, 0.2) is 30.9 Å². The van der Waals surface area contributed by atoms with Gasteiger partial charge in [0.25, 0.3) is 6.43 Å². The SMILES string of the molecule is C=CC(=O)N1CC2(CCN(c3nc(C4CCN(C)CC4)nc4c(OCC(F)F)c(-c5c(C)ccc(N)c5C=N)c(CC)cc34)CC2)C1. The highest BCUT2D eigenvalue weighted by Crippen LogP contribution is 2.47. The summed E-state index contributed by atoms with van der Waals surface area (Å²) in [6, 6.07) is 5.74. The number of aromatic nitrogens is 2. The number of anilines is 2. The number of hydrogen-bond donors (Lipinski definition) is 2. The van der Waals surface area contributed by atoms with E-state index >= 15 is 0 Å². The Morgan fingerprint density at radius 2 is 1.87 bits per heavy atom. The smallest absolute Gasteiger partial charge is 0.272 e. The van der Waals surface area contributed by atoms with Gasteiger partial charge in [-0.2, -0.15) is 0 Å². The summed E-state index contributed by atoms with van der Waals surface area (Å²) in [5.41, 5.74) is 11.0. The summed E-state index contributed by atoms with van der Waals surface area (Å²) in [5.74, 6) is 1.90. The summed E-state index contributed by atoms with van der Waals surface area (Å²) >= 11 is 0. The van der Waals surface area contributed by atoms with E-state index in [0.29, 0.717) is 45.9 Å². The number of likely N-dealkylation sites (tertiary alicyclic amines) is 2. The first-order valence-corrected chi connectivity index (χ1v) is 16.6. The van der Waals surface area contributed by atoms with E-state index < -0.39 is 13.0 Å². The molecule has 3 aromatic rings. The molecule has 0 saturated carbocycles. The quantitative estimate of drug-likeness (QED) is 0.172. The minimum Gasteiger partial charge on any atom is -0.485 e. The van der Waals surface area contributed by atoms with Crippen molar-refractivity contribution < 1.29 is 18.3 Å². The highest BCUT2D eigenvalue weighted by molar-refractivity contribution is 6.04. The first kappa shape index (κ1) is 32.8. The molecule has 0 unspecified atom stereocenters. The second-order valence-corrected chi connectivity index (χ2v) is 13.5. The van der Waals surface area contributed by atoms with E-state index in [2.05, 4.69) is 29.5 Å². The molecule has 6 rings (SSSR count). The van der Waals surface area contributed by atoms with E-state index in [-0.39, 0.29) is 17.2 Å². The van der Waals surface area contributed by atoms with Crippen LogP contribution in [0.3, 0.4) is 0 Å². The molecule has 0 bridgehead atoms. The first-order chi connectivity index (χ1) is 22.6. The van der Waals surface area contributed by atoms with E-state index in [1.54, 1.807) is 6.07 Å². The zero-order chi connectivity index (χ0) is 33.5. The topological polar surface area (TPSA) is 112 Å². The lowest BCUT2D eigenvalue weighted by Gasteiger charge is -2.54. The van der Waals surface area contributed by atoms with Crippen LogP contribution in [-0.4, -0.2) is 91.2 Å². The fourth-order valence-electron chi connectivity index (χ4n) is 7.61. The lowest BCUT2D eigenvalue weighted by molar-refractivity contribution is -0.139. The van der Waals surface area contributed by atoms with Crippen molar-refractivity contribution in [2.45, 2.75) is 58.3 Å². The molecule has 3 N–H and O–H groups in total. The van der Waals surface area contributed by atoms with Gasteiger partial charge in [0.1, 0.15) is 23.8 Å². The number of carbonyl (C=O) groups is 1. The third-order valence-electron chi connectivity index (χ3n) is 10.4. The number of nitrogen functional groups attached to an aromatic ring is 1. The number of carbonyl (C=O) groups excluding carboxylic acids is 1. The Morgan fingerprint density at radius 1 is 1.17 bits per heavy atom. The summed E-state index contributed by atoms with van der Waals surface area (Å²) < 4.78 is 33.8. The molecular formula is C36H45F2N7O2. The molecular weight excluding hydrogens is 600 g/mol. The summed E-state index contributed by atoms with van der Waals surface area (Å²) in [4.78, 5) is 29.0. The molecule has 1 aromatic heterocycles. The number of nitrogens with one attached hydrogen (secondary N) is 1. The number of hydrogen-bond acceptors (Lipinski definition) is 8. The molecule has 2 aromatic carbocycles. The van der Waals surface area contributed by atoms with Crippen LogP contribution in [0.5, 0.6) is 5.75 Å². The Bertz CT molecular complexity index is 1690. The molecule has 1 amide bonds. The van der Waals surface area contributed by atoms with Crippen molar-refractivity contribution in [3.63, 3.8) is 0 Å². The molecule has 11 heteroatoms. The molecule has 0 radical (unpaired) electrons. The van der Waals surface area contributed by atoms with Crippen molar-refractivity contribution in [1.29, 1.82) is 5.41 Å². The Labute approximate surface area is 275 Å². The van der Waals surface area contributed by atoms with E-state index in [0.717, 1.165) is 87.3 Å². The number of fused-ring (bicyclic) bond motifs is 1. The number of amides is 1. The number of halogens is 2. The van der Waals surface area contributed by atoms with Gasteiger partial charge in [-0.1, -0.05) is 19.6 Å². The normalized spacial score (nSPS) is 18.5. The maximum atomic E-state index is 13.9. The molecule has 3 aliphatic rings. The molecule has 9 nitrogen and oxygen atoms in total. The average Bonchev–Trinajstić information content (AvgIpc) is 3.06. The van der Waals surface area contributed by atoms with Gasteiger partial charge in [0, 0.05) is 65.9 Å². The second-order valence-electron chi connectivity index (χ2n) is 13.5.